The first-order valence-electron chi connectivity index (χ1n) is 1.38. The zero-order chi connectivity index (χ0) is 5.15. The van der Waals surface area contributed by atoms with Gasteiger partial charge in [-0.15, -0.1) is 0 Å². The van der Waals surface area contributed by atoms with E-state index in [2.05, 4.69) is 0 Å². The molecular formula is C3H6O3Sr. The minimum Gasteiger partial charge on any atom is -1.00 e. The van der Waals surface area contributed by atoms with E-state index < -0.39 is 11.8 Å². The molecular weight excluding hydrogens is 172 g/mol. The molecule has 0 radical (unpaired) electrons. The second kappa shape index (κ2) is 4.77. The van der Waals surface area contributed by atoms with Gasteiger partial charge in [0, 0.05) is 6.92 Å². The van der Waals surface area contributed by atoms with E-state index in [9.17, 15) is 9.59 Å². The van der Waals surface area contributed by atoms with Gasteiger partial charge < -0.3 is 7.96 Å². The maximum Gasteiger partial charge on any atom is 2.00 e. The molecule has 0 amide bonds. The quantitative estimate of drug-likeness (QED) is 0.434. The van der Waals surface area contributed by atoms with Gasteiger partial charge in [-0.25, -0.2) is 4.79 Å². The summed E-state index contributed by atoms with van der Waals surface area (Å²) in [5.41, 5.74) is 0. The summed E-state index contributed by atoms with van der Waals surface area (Å²) in [6.45, 7) is 1.00. The summed E-state index contributed by atoms with van der Waals surface area (Å²) < 4.78 is 0. The average Bonchev–Trinajstić information content (AvgIpc) is 1.36. The van der Waals surface area contributed by atoms with E-state index in [1.54, 1.807) is 0 Å². The molecule has 0 heterocycles. The van der Waals surface area contributed by atoms with Crippen molar-refractivity contribution in [3.63, 3.8) is 0 Å². The summed E-state index contributed by atoms with van der Waals surface area (Å²) in [4.78, 5) is 18.9. The Morgan fingerprint density at radius 1 is 1.57 bits per heavy atom. The zero-order valence-corrected chi connectivity index (χ0v) is 7.45. The monoisotopic (exact) mass is 178 g/mol. The molecule has 38 valence electrons. The van der Waals surface area contributed by atoms with E-state index in [4.69, 9.17) is 5.11 Å². The molecule has 0 fully saturated rings. The Balaban J connectivity index is -0.0000000417. The Morgan fingerprint density at radius 3 is 1.71 bits per heavy atom. The fraction of sp³-hybridized carbons (Fsp3) is 0.333. The molecule has 0 atom stereocenters. The molecule has 0 unspecified atom stereocenters. The number of carboxylic acids is 1. The molecule has 0 aliphatic rings. The predicted octanol–water partition coefficient (Wildman–Crippen LogP) is -0.496. The van der Waals surface area contributed by atoms with Crippen molar-refractivity contribution in [1.82, 2.24) is 0 Å². The smallest absolute Gasteiger partial charge is 1.00 e. The van der Waals surface area contributed by atoms with E-state index >= 15 is 0 Å². The van der Waals surface area contributed by atoms with Crippen LogP contribution in [-0.4, -0.2) is 62.3 Å². The Morgan fingerprint density at radius 2 is 1.71 bits per heavy atom. The number of carbonyl (C=O) groups is 2. The van der Waals surface area contributed by atoms with Crippen LogP contribution < -0.4 is 0 Å². The molecule has 0 rings (SSSR count). The molecule has 0 aromatic carbocycles. The summed E-state index contributed by atoms with van der Waals surface area (Å²) in [7, 11) is 0. The molecule has 0 aliphatic heterocycles. The van der Waals surface area contributed by atoms with Gasteiger partial charge in [-0.3, -0.25) is 4.79 Å². The molecule has 0 aliphatic carbocycles. The third-order valence-corrected chi connectivity index (χ3v) is 0.301. The molecule has 1 N–H and O–H groups in total. The van der Waals surface area contributed by atoms with Gasteiger partial charge in [-0.05, 0) is 0 Å². The Bertz CT molecular complexity index is 83.1. The van der Waals surface area contributed by atoms with Crippen molar-refractivity contribution in [2.75, 3.05) is 0 Å². The summed E-state index contributed by atoms with van der Waals surface area (Å²) >= 11 is 0. The number of carbonyl (C=O) groups excluding carboxylic acids is 1. The number of hydrogen-bond donors (Lipinski definition) is 1. The Hall–Kier alpha value is 0.621. The second-order valence-electron chi connectivity index (χ2n) is 0.861. The van der Waals surface area contributed by atoms with Crippen molar-refractivity contribution in [2.45, 2.75) is 6.92 Å². The topological polar surface area (TPSA) is 54.4 Å². The van der Waals surface area contributed by atoms with E-state index in [-0.39, 0.29) is 48.3 Å². The van der Waals surface area contributed by atoms with Gasteiger partial charge in [-0.2, -0.15) is 0 Å². The van der Waals surface area contributed by atoms with Gasteiger partial charge in [0.2, 0.25) is 5.78 Å². The molecule has 0 saturated heterocycles. The Kier molecular flexibility index (Phi) is 7.21. The maximum atomic E-state index is 9.54. The van der Waals surface area contributed by atoms with Crippen LogP contribution in [0, 0.1) is 0 Å². The number of ketones is 1. The van der Waals surface area contributed by atoms with Crippen LogP contribution >= 0.6 is 0 Å². The molecule has 0 aromatic rings. The van der Waals surface area contributed by atoms with Crippen LogP contribution in [-0.2, 0) is 9.59 Å². The summed E-state index contributed by atoms with van der Waals surface area (Å²) in [6, 6.07) is 0. The molecule has 0 aromatic heterocycles. The van der Waals surface area contributed by atoms with E-state index in [0.29, 0.717) is 0 Å². The van der Waals surface area contributed by atoms with Crippen LogP contribution in [0.5, 0.6) is 0 Å². The first-order chi connectivity index (χ1) is 2.64. The Labute approximate surface area is 80.9 Å². The van der Waals surface area contributed by atoms with E-state index in [1.165, 1.54) is 0 Å². The number of Topliss-reactive ketones (excluding diaryl/α,β-unsaturated/α-hetero) is 1. The van der Waals surface area contributed by atoms with E-state index in [0.717, 1.165) is 6.92 Å². The van der Waals surface area contributed by atoms with Gasteiger partial charge in [0.15, 0.2) is 0 Å². The van der Waals surface area contributed by atoms with Crippen LogP contribution in [0.3, 0.4) is 0 Å². The SMILES string of the molecule is CC(=O)C(=O)O.[H-].[H-].[Sr+2]. The van der Waals surface area contributed by atoms with Crippen LogP contribution in [0.4, 0.5) is 0 Å². The predicted molar refractivity (Wildman–Crippen MR) is 26.3 cm³/mol. The van der Waals surface area contributed by atoms with Crippen LogP contribution in [0.2, 0.25) is 0 Å². The van der Waals surface area contributed by atoms with Crippen molar-refractivity contribution < 1.29 is 17.5 Å². The van der Waals surface area contributed by atoms with Crippen molar-refractivity contribution in [1.29, 1.82) is 0 Å². The largest absolute Gasteiger partial charge is 2.00 e. The van der Waals surface area contributed by atoms with E-state index in [1.807, 2.05) is 0 Å². The minimum atomic E-state index is -1.38. The third kappa shape index (κ3) is 6.62. The first kappa shape index (κ1) is 10.6. The fourth-order valence-corrected chi connectivity index (χ4v) is 0. The van der Waals surface area contributed by atoms with Gasteiger partial charge in [-0.1, -0.05) is 0 Å². The second-order valence-corrected chi connectivity index (χ2v) is 0.861. The van der Waals surface area contributed by atoms with Crippen molar-refractivity contribution >= 4 is 57.2 Å². The molecule has 3 nitrogen and oxygen atoms in total. The van der Waals surface area contributed by atoms with Gasteiger partial charge >= 0.3 is 51.5 Å². The molecule has 7 heavy (non-hydrogen) atoms. The molecule has 0 bridgehead atoms. The average molecular weight is 178 g/mol. The first-order valence-corrected chi connectivity index (χ1v) is 1.38. The molecule has 0 saturated carbocycles. The number of hydrogen-bond acceptors (Lipinski definition) is 2. The van der Waals surface area contributed by atoms with Gasteiger partial charge in [0.1, 0.15) is 0 Å². The third-order valence-electron chi connectivity index (χ3n) is 0.301. The normalized spacial score (nSPS) is 6.43. The standard InChI is InChI=1S/C3H4O3.Sr.2H/c1-2(4)3(5)6;;;/h1H3,(H,5,6);;;/q;+2;2*-1. The van der Waals surface area contributed by atoms with Crippen molar-refractivity contribution in [3.05, 3.63) is 0 Å². The van der Waals surface area contributed by atoms with Gasteiger partial charge in [0.25, 0.3) is 0 Å². The van der Waals surface area contributed by atoms with Crippen molar-refractivity contribution in [3.8, 4) is 0 Å². The summed E-state index contributed by atoms with van der Waals surface area (Å²) in [5, 5.41) is 7.64. The number of aliphatic carboxylic acids is 1. The van der Waals surface area contributed by atoms with Crippen LogP contribution in [0.1, 0.15) is 9.78 Å². The minimum absolute atomic E-state index is 0. The van der Waals surface area contributed by atoms with Gasteiger partial charge in [0.05, 0.1) is 0 Å². The van der Waals surface area contributed by atoms with Crippen molar-refractivity contribution in [2.24, 2.45) is 0 Å². The molecule has 4 heteroatoms. The summed E-state index contributed by atoms with van der Waals surface area (Å²) in [6.07, 6.45) is 0. The zero-order valence-electron chi connectivity index (χ0n) is 5.97. The number of carboxylic acid groups (broad SMARTS) is 1. The number of rotatable bonds is 1. The fourth-order valence-electron chi connectivity index (χ4n) is 0. The summed E-state index contributed by atoms with van der Waals surface area (Å²) in [5.74, 6) is -2.20. The van der Waals surface area contributed by atoms with Crippen LogP contribution in [0.25, 0.3) is 0 Å². The van der Waals surface area contributed by atoms with Crippen LogP contribution in [0.15, 0.2) is 0 Å². The molecule has 0 spiro atoms. The maximum absolute atomic E-state index is 9.54.